The summed E-state index contributed by atoms with van der Waals surface area (Å²) >= 11 is 0. The van der Waals surface area contributed by atoms with Crippen molar-refractivity contribution in [1.82, 2.24) is 9.80 Å². The predicted molar refractivity (Wildman–Crippen MR) is 97.5 cm³/mol. The molecular weight excluding hydrogens is 316 g/mol. The van der Waals surface area contributed by atoms with Crippen LogP contribution in [0.3, 0.4) is 0 Å². The monoisotopic (exact) mass is 346 g/mol. The van der Waals surface area contributed by atoms with Crippen molar-refractivity contribution in [2.45, 2.75) is 57.3 Å². The highest BCUT2D eigenvalue weighted by Gasteiger charge is 2.45. The van der Waals surface area contributed by atoms with Crippen LogP contribution >= 0.6 is 0 Å². The molecule has 1 unspecified atom stereocenters. The van der Waals surface area contributed by atoms with Crippen molar-refractivity contribution >= 4 is 5.91 Å². The molecule has 5 nitrogen and oxygen atoms in total. The van der Waals surface area contributed by atoms with Gasteiger partial charge in [-0.05, 0) is 44.5 Å². The number of likely N-dealkylation sites (N-methyl/N-ethyl adjacent to an activating group) is 1. The lowest BCUT2D eigenvalue weighted by Gasteiger charge is -2.52. The Bertz CT molecular complexity index is 598. The fourth-order valence-corrected chi connectivity index (χ4v) is 4.35. The number of carbonyl (C=O) groups excluding carboxylic acids is 1. The van der Waals surface area contributed by atoms with Gasteiger partial charge in [-0.1, -0.05) is 31.4 Å². The highest BCUT2D eigenvalue weighted by atomic mass is 16.5. The van der Waals surface area contributed by atoms with Crippen molar-refractivity contribution in [3.05, 3.63) is 29.8 Å². The van der Waals surface area contributed by atoms with Gasteiger partial charge in [-0.2, -0.15) is 0 Å². The van der Waals surface area contributed by atoms with Gasteiger partial charge < -0.3 is 19.6 Å². The Morgan fingerprint density at radius 1 is 1.28 bits per heavy atom. The lowest BCUT2D eigenvalue weighted by atomic mass is 9.78. The Hall–Kier alpha value is -1.59. The number of hydrogen-bond donors (Lipinski definition) is 1. The lowest BCUT2D eigenvalue weighted by Crippen LogP contribution is -2.65. The fourth-order valence-electron chi connectivity index (χ4n) is 4.35. The van der Waals surface area contributed by atoms with Crippen LogP contribution in [0.4, 0.5) is 0 Å². The lowest BCUT2D eigenvalue weighted by molar-refractivity contribution is -0.151. The maximum Gasteiger partial charge on any atom is 0.263 e. The van der Waals surface area contributed by atoms with Crippen molar-refractivity contribution in [2.24, 2.45) is 0 Å². The second-order valence-corrected chi connectivity index (χ2v) is 7.58. The van der Waals surface area contributed by atoms with Crippen molar-refractivity contribution in [3.63, 3.8) is 0 Å². The van der Waals surface area contributed by atoms with Crippen LogP contribution in [0.15, 0.2) is 24.3 Å². The smallest absolute Gasteiger partial charge is 0.263 e. The van der Waals surface area contributed by atoms with Crippen LogP contribution in [0.25, 0.3) is 0 Å². The average Bonchev–Trinajstić information content (AvgIpc) is 2.62. The summed E-state index contributed by atoms with van der Waals surface area (Å²) in [4.78, 5) is 17.6. The minimum Gasteiger partial charge on any atom is -0.481 e. The van der Waals surface area contributed by atoms with E-state index in [-0.39, 0.29) is 18.1 Å². The number of ether oxygens (including phenoxy) is 1. The molecule has 0 bridgehead atoms. The summed E-state index contributed by atoms with van der Waals surface area (Å²) in [6, 6.07) is 7.32. The third kappa shape index (κ3) is 3.98. The van der Waals surface area contributed by atoms with Crippen LogP contribution in [0, 0.1) is 0 Å². The molecule has 1 aromatic rings. The SMILES string of the molecule is CC(Oc1cccc(CO)c1)C(=O)N1CCN(C)CC12CCCCC2. The molecule has 1 saturated carbocycles. The number of rotatable bonds is 4. The molecule has 1 aliphatic heterocycles. The Morgan fingerprint density at radius 3 is 2.76 bits per heavy atom. The maximum atomic E-state index is 13.2. The van der Waals surface area contributed by atoms with Gasteiger partial charge in [-0.3, -0.25) is 4.79 Å². The van der Waals surface area contributed by atoms with E-state index in [1.165, 1.54) is 19.3 Å². The largest absolute Gasteiger partial charge is 0.481 e. The van der Waals surface area contributed by atoms with Gasteiger partial charge in [0.25, 0.3) is 5.91 Å². The standard InChI is InChI=1S/C20H30N2O3/c1-16(25-18-8-6-7-17(13-18)14-23)19(24)22-12-11-21(2)15-20(22)9-4-3-5-10-20/h6-8,13,16,23H,3-5,9-12,14-15H2,1-2H3. The molecule has 2 fully saturated rings. The normalized spacial score (nSPS) is 22.0. The first-order chi connectivity index (χ1) is 12.0. The number of hydrogen-bond acceptors (Lipinski definition) is 4. The minimum absolute atomic E-state index is 0.0209. The zero-order chi connectivity index (χ0) is 17.9. The molecule has 1 heterocycles. The summed E-state index contributed by atoms with van der Waals surface area (Å²) in [5.41, 5.74) is 0.771. The van der Waals surface area contributed by atoms with Gasteiger partial charge in [-0.15, -0.1) is 0 Å². The molecule has 1 N–H and O–H groups in total. The van der Waals surface area contributed by atoms with Gasteiger partial charge in [-0.25, -0.2) is 0 Å². The first-order valence-electron chi connectivity index (χ1n) is 9.40. The Labute approximate surface area is 150 Å². The molecule has 2 aliphatic rings. The summed E-state index contributed by atoms with van der Waals surface area (Å²) in [6.07, 6.45) is 5.34. The number of nitrogens with zero attached hydrogens (tertiary/aromatic N) is 2. The topological polar surface area (TPSA) is 53.0 Å². The zero-order valence-electron chi connectivity index (χ0n) is 15.4. The first kappa shape index (κ1) is 18.2. The molecule has 1 aromatic carbocycles. The minimum atomic E-state index is -0.517. The second kappa shape index (κ2) is 7.75. The van der Waals surface area contributed by atoms with E-state index < -0.39 is 6.10 Å². The third-order valence-electron chi connectivity index (χ3n) is 5.63. The Morgan fingerprint density at radius 2 is 2.04 bits per heavy atom. The summed E-state index contributed by atoms with van der Waals surface area (Å²) < 4.78 is 5.92. The van der Waals surface area contributed by atoms with Crippen LogP contribution in [-0.4, -0.2) is 59.1 Å². The fraction of sp³-hybridized carbons (Fsp3) is 0.650. The van der Waals surface area contributed by atoms with Crippen LogP contribution < -0.4 is 4.74 Å². The van der Waals surface area contributed by atoms with E-state index in [1.54, 1.807) is 6.07 Å². The van der Waals surface area contributed by atoms with E-state index >= 15 is 0 Å². The third-order valence-corrected chi connectivity index (χ3v) is 5.63. The van der Waals surface area contributed by atoms with Gasteiger partial charge in [0.15, 0.2) is 6.10 Å². The zero-order valence-corrected chi connectivity index (χ0v) is 15.4. The second-order valence-electron chi connectivity index (χ2n) is 7.58. The van der Waals surface area contributed by atoms with Crippen LogP contribution in [0.2, 0.25) is 0 Å². The number of amides is 1. The maximum absolute atomic E-state index is 13.2. The quantitative estimate of drug-likeness (QED) is 0.910. The molecule has 1 saturated heterocycles. The van der Waals surface area contributed by atoms with E-state index in [0.29, 0.717) is 5.75 Å². The number of aliphatic hydroxyl groups excluding tert-OH is 1. The first-order valence-corrected chi connectivity index (χ1v) is 9.40. The van der Waals surface area contributed by atoms with Gasteiger partial charge >= 0.3 is 0 Å². The number of benzene rings is 1. The summed E-state index contributed by atoms with van der Waals surface area (Å²) in [5.74, 6) is 0.726. The van der Waals surface area contributed by atoms with Gasteiger partial charge in [0.1, 0.15) is 5.75 Å². The van der Waals surface area contributed by atoms with E-state index in [1.807, 2.05) is 25.1 Å². The molecule has 1 amide bonds. The molecule has 1 aliphatic carbocycles. The molecule has 5 heteroatoms. The van der Waals surface area contributed by atoms with Gasteiger partial charge in [0, 0.05) is 19.6 Å². The summed E-state index contributed by atoms with van der Waals surface area (Å²) in [5, 5.41) is 9.26. The number of aliphatic hydroxyl groups is 1. The molecule has 1 atom stereocenters. The highest BCUT2D eigenvalue weighted by molar-refractivity contribution is 5.82. The van der Waals surface area contributed by atoms with E-state index in [2.05, 4.69) is 16.8 Å². The van der Waals surface area contributed by atoms with Crippen molar-refractivity contribution in [3.8, 4) is 5.75 Å². The molecule has 0 radical (unpaired) electrons. The summed E-state index contributed by atoms with van der Waals surface area (Å²) in [6.45, 7) is 4.47. The molecule has 3 rings (SSSR count). The van der Waals surface area contributed by atoms with Crippen LogP contribution in [0.5, 0.6) is 5.75 Å². The van der Waals surface area contributed by atoms with Crippen LogP contribution in [-0.2, 0) is 11.4 Å². The number of piperazine rings is 1. The van der Waals surface area contributed by atoms with Crippen LogP contribution in [0.1, 0.15) is 44.6 Å². The van der Waals surface area contributed by atoms with Gasteiger partial charge in [0.05, 0.1) is 12.1 Å². The average molecular weight is 346 g/mol. The predicted octanol–water partition coefficient (Wildman–Crippen LogP) is 2.42. The van der Waals surface area contributed by atoms with E-state index in [4.69, 9.17) is 4.74 Å². The molecule has 138 valence electrons. The molecular formula is C20H30N2O3. The Kier molecular flexibility index (Phi) is 5.64. The van der Waals surface area contributed by atoms with Crippen molar-refractivity contribution in [2.75, 3.05) is 26.7 Å². The van der Waals surface area contributed by atoms with E-state index in [9.17, 15) is 9.90 Å². The van der Waals surface area contributed by atoms with E-state index in [0.717, 1.165) is 38.0 Å². The van der Waals surface area contributed by atoms with Crippen molar-refractivity contribution < 1.29 is 14.6 Å². The number of carbonyl (C=O) groups is 1. The van der Waals surface area contributed by atoms with Gasteiger partial charge in [0.2, 0.25) is 0 Å². The summed E-state index contributed by atoms with van der Waals surface area (Å²) in [7, 11) is 2.15. The molecule has 0 aromatic heterocycles. The van der Waals surface area contributed by atoms with Crippen molar-refractivity contribution in [1.29, 1.82) is 0 Å². The highest BCUT2D eigenvalue weighted by Crippen LogP contribution is 2.37. The molecule has 1 spiro atoms. The molecule has 25 heavy (non-hydrogen) atoms. The Balaban J connectivity index is 1.73.